The summed E-state index contributed by atoms with van der Waals surface area (Å²) in [4.78, 5) is 22.7. The molecule has 5 heteroatoms. The van der Waals surface area contributed by atoms with Gasteiger partial charge in [0, 0.05) is 11.8 Å². The Morgan fingerprint density at radius 2 is 1.82 bits per heavy atom. The standard InChI is InChI=1S/C17H21NO4/c1-2-17(15(19)20,16(21)22)12-14(9-6-10-18)11-13-7-4-3-5-8-13/h3-5,7-8,14H,2,6,9,11-12H2,1H3,(H,19,20)(H,21,22)/p-2. The fraction of sp³-hybridized carbons (Fsp3) is 0.471. The van der Waals surface area contributed by atoms with Crippen molar-refractivity contribution in [1.82, 2.24) is 0 Å². The minimum atomic E-state index is -2.01. The molecule has 0 aliphatic heterocycles. The number of carboxylic acids is 2. The first-order valence-corrected chi connectivity index (χ1v) is 7.30. The topological polar surface area (TPSA) is 104 Å². The number of carbonyl (C=O) groups is 2. The summed E-state index contributed by atoms with van der Waals surface area (Å²) in [7, 11) is 0. The summed E-state index contributed by atoms with van der Waals surface area (Å²) in [6.07, 6.45) is 1.01. The molecule has 1 atom stereocenters. The number of aliphatic carboxylic acids is 2. The number of carboxylic acid groups (broad SMARTS) is 2. The number of nitrogens with zero attached hydrogens (tertiary/aromatic N) is 1. The zero-order chi connectivity index (χ0) is 16.6. The maximum absolute atomic E-state index is 11.4. The van der Waals surface area contributed by atoms with Gasteiger partial charge in [-0.1, -0.05) is 37.3 Å². The second kappa shape index (κ2) is 8.18. The molecule has 0 radical (unpaired) electrons. The molecular formula is C17H19NO4-2. The number of rotatable bonds is 9. The van der Waals surface area contributed by atoms with Gasteiger partial charge in [0.15, 0.2) is 0 Å². The van der Waals surface area contributed by atoms with Gasteiger partial charge in [-0.15, -0.1) is 0 Å². The Kier molecular flexibility index (Phi) is 6.58. The van der Waals surface area contributed by atoms with E-state index in [-0.39, 0.29) is 25.2 Å². The van der Waals surface area contributed by atoms with Crippen LogP contribution < -0.4 is 10.2 Å². The second-order valence-electron chi connectivity index (χ2n) is 5.47. The van der Waals surface area contributed by atoms with Crippen molar-refractivity contribution in [3.05, 3.63) is 35.9 Å². The molecule has 118 valence electrons. The van der Waals surface area contributed by atoms with Gasteiger partial charge < -0.3 is 19.8 Å². The Labute approximate surface area is 130 Å². The predicted molar refractivity (Wildman–Crippen MR) is 75.8 cm³/mol. The molecule has 0 N–H and O–H groups in total. The van der Waals surface area contributed by atoms with Crippen molar-refractivity contribution < 1.29 is 19.8 Å². The van der Waals surface area contributed by atoms with Crippen LogP contribution in [0.3, 0.4) is 0 Å². The Bertz CT molecular complexity index is 534. The van der Waals surface area contributed by atoms with Crippen molar-refractivity contribution in [1.29, 1.82) is 5.26 Å². The number of hydrogen-bond donors (Lipinski definition) is 0. The van der Waals surface area contributed by atoms with Gasteiger partial charge in [-0.3, -0.25) is 0 Å². The Morgan fingerprint density at radius 3 is 2.27 bits per heavy atom. The van der Waals surface area contributed by atoms with Crippen molar-refractivity contribution in [2.45, 2.75) is 39.0 Å². The van der Waals surface area contributed by atoms with Crippen LogP contribution in [0.4, 0.5) is 0 Å². The van der Waals surface area contributed by atoms with Crippen molar-refractivity contribution >= 4 is 11.9 Å². The fourth-order valence-electron chi connectivity index (χ4n) is 2.67. The first kappa shape index (κ1) is 17.7. The molecule has 0 saturated heterocycles. The monoisotopic (exact) mass is 301 g/mol. The van der Waals surface area contributed by atoms with Crippen LogP contribution >= 0.6 is 0 Å². The summed E-state index contributed by atoms with van der Waals surface area (Å²) in [6.45, 7) is 1.50. The molecule has 0 aliphatic rings. The third-order valence-electron chi connectivity index (χ3n) is 4.05. The van der Waals surface area contributed by atoms with Crippen LogP contribution in [0.1, 0.15) is 38.2 Å². The first-order chi connectivity index (χ1) is 10.5. The zero-order valence-electron chi connectivity index (χ0n) is 12.6. The van der Waals surface area contributed by atoms with Crippen LogP contribution in [0, 0.1) is 22.7 Å². The molecule has 1 aromatic carbocycles. The molecule has 0 aliphatic carbocycles. The molecule has 0 heterocycles. The number of carbonyl (C=O) groups excluding carboxylic acids is 2. The molecule has 1 unspecified atom stereocenters. The van der Waals surface area contributed by atoms with Gasteiger partial charge in [-0.05, 0) is 37.2 Å². The van der Waals surface area contributed by atoms with E-state index in [1.807, 2.05) is 36.4 Å². The van der Waals surface area contributed by atoms with Crippen LogP contribution in [-0.4, -0.2) is 11.9 Å². The second-order valence-corrected chi connectivity index (χ2v) is 5.47. The van der Waals surface area contributed by atoms with Gasteiger partial charge in [-0.25, -0.2) is 0 Å². The third kappa shape index (κ3) is 4.32. The van der Waals surface area contributed by atoms with Crippen molar-refractivity contribution in [3.8, 4) is 6.07 Å². The SMILES string of the molecule is CCC(CC(CCC#N)Cc1ccccc1)(C(=O)[O-])C(=O)[O-]. The molecule has 0 bridgehead atoms. The first-order valence-electron chi connectivity index (χ1n) is 7.30. The van der Waals surface area contributed by atoms with E-state index in [9.17, 15) is 19.8 Å². The minimum absolute atomic E-state index is 0.0925. The summed E-state index contributed by atoms with van der Waals surface area (Å²) < 4.78 is 0. The normalized spacial score (nSPS) is 12.4. The highest BCUT2D eigenvalue weighted by Crippen LogP contribution is 2.33. The molecule has 0 aromatic heterocycles. The Morgan fingerprint density at radius 1 is 1.23 bits per heavy atom. The van der Waals surface area contributed by atoms with E-state index in [2.05, 4.69) is 0 Å². The van der Waals surface area contributed by atoms with Gasteiger partial charge in [0.1, 0.15) is 0 Å². The van der Waals surface area contributed by atoms with E-state index < -0.39 is 17.4 Å². The van der Waals surface area contributed by atoms with Crippen LogP contribution in [0.25, 0.3) is 0 Å². The highest BCUT2D eigenvalue weighted by Gasteiger charge is 2.34. The molecule has 0 amide bonds. The lowest BCUT2D eigenvalue weighted by Crippen LogP contribution is -2.54. The third-order valence-corrected chi connectivity index (χ3v) is 4.05. The van der Waals surface area contributed by atoms with E-state index in [0.29, 0.717) is 12.8 Å². The van der Waals surface area contributed by atoms with Crippen LogP contribution in [-0.2, 0) is 16.0 Å². The average Bonchev–Trinajstić information content (AvgIpc) is 2.50. The summed E-state index contributed by atoms with van der Waals surface area (Å²) in [6, 6.07) is 11.4. The molecule has 1 rings (SSSR count). The molecule has 1 aromatic rings. The maximum atomic E-state index is 11.4. The summed E-state index contributed by atoms with van der Waals surface area (Å²) in [5.41, 5.74) is -1.03. The number of benzene rings is 1. The Hall–Kier alpha value is -2.35. The number of hydrogen-bond acceptors (Lipinski definition) is 5. The lowest BCUT2D eigenvalue weighted by Gasteiger charge is -2.37. The van der Waals surface area contributed by atoms with Crippen molar-refractivity contribution in [2.75, 3.05) is 0 Å². The zero-order valence-corrected chi connectivity index (χ0v) is 12.6. The fourth-order valence-corrected chi connectivity index (χ4v) is 2.67. The highest BCUT2D eigenvalue weighted by molar-refractivity contribution is 5.96. The lowest BCUT2D eigenvalue weighted by atomic mass is 9.74. The molecule has 22 heavy (non-hydrogen) atoms. The predicted octanol–water partition coefficient (Wildman–Crippen LogP) is 0.435. The van der Waals surface area contributed by atoms with Gasteiger partial charge in [-0.2, -0.15) is 5.26 Å². The van der Waals surface area contributed by atoms with Crippen LogP contribution in [0.5, 0.6) is 0 Å². The van der Waals surface area contributed by atoms with E-state index in [1.54, 1.807) is 0 Å². The maximum Gasteiger partial charge on any atom is 0.0621 e. The van der Waals surface area contributed by atoms with E-state index in [1.165, 1.54) is 6.92 Å². The summed E-state index contributed by atoms with van der Waals surface area (Å²) in [5, 5.41) is 31.5. The molecule has 0 saturated carbocycles. The van der Waals surface area contributed by atoms with E-state index >= 15 is 0 Å². The highest BCUT2D eigenvalue weighted by atomic mass is 16.4. The van der Waals surface area contributed by atoms with Crippen LogP contribution in [0.2, 0.25) is 0 Å². The van der Waals surface area contributed by atoms with Crippen LogP contribution in [0.15, 0.2) is 30.3 Å². The smallest absolute Gasteiger partial charge is 0.0621 e. The summed E-state index contributed by atoms with van der Waals surface area (Å²) >= 11 is 0. The van der Waals surface area contributed by atoms with Gasteiger partial charge in [0.05, 0.1) is 18.0 Å². The van der Waals surface area contributed by atoms with Gasteiger partial charge in [0.25, 0.3) is 0 Å². The largest absolute Gasteiger partial charge is 0.549 e. The molecular weight excluding hydrogens is 282 g/mol. The summed E-state index contributed by atoms with van der Waals surface area (Å²) in [5.74, 6) is -3.48. The average molecular weight is 301 g/mol. The number of nitriles is 1. The van der Waals surface area contributed by atoms with E-state index in [4.69, 9.17) is 5.26 Å². The Balaban J connectivity index is 2.98. The molecule has 0 spiro atoms. The molecule has 5 nitrogen and oxygen atoms in total. The lowest BCUT2D eigenvalue weighted by molar-refractivity contribution is -0.344. The minimum Gasteiger partial charge on any atom is -0.549 e. The quantitative estimate of drug-likeness (QED) is 0.615. The molecule has 0 fully saturated rings. The van der Waals surface area contributed by atoms with E-state index in [0.717, 1.165) is 5.56 Å². The van der Waals surface area contributed by atoms with Gasteiger partial charge in [0.2, 0.25) is 0 Å². The van der Waals surface area contributed by atoms with Crippen molar-refractivity contribution in [2.24, 2.45) is 11.3 Å². The van der Waals surface area contributed by atoms with Gasteiger partial charge >= 0.3 is 0 Å². The van der Waals surface area contributed by atoms with Crippen molar-refractivity contribution in [3.63, 3.8) is 0 Å².